The number of nitrogens with zero attached hydrogens (tertiary/aromatic N) is 1. The van der Waals surface area contributed by atoms with Gasteiger partial charge in [-0.05, 0) is 13.6 Å². The predicted octanol–water partition coefficient (Wildman–Crippen LogP) is -0.269. The van der Waals surface area contributed by atoms with Crippen LogP contribution in [0.1, 0.15) is 13.3 Å². The number of carboxylic acid groups (broad SMARTS) is 1. The van der Waals surface area contributed by atoms with Gasteiger partial charge in [-0.3, -0.25) is 9.69 Å². The number of rotatable bonds is 4. The monoisotopic (exact) mass is 147 g/mol. The van der Waals surface area contributed by atoms with Crippen molar-refractivity contribution in [1.29, 1.82) is 0 Å². The van der Waals surface area contributed by atoms with Crippen LogP contribution in [0.2, 0.25) is 0 Å². The Morgan fingerprint density at radius 3 is 2.50 bits per heavy atom. The smallest absolute Gasteiger partial charge is 0.307 e. The maximum absolute atomic E-state index is 10.0. The maximum atomic E-state index is 10.0. The van der Waals surface area contributed by atoms with Crippen LogP contribution in [0.5, 0.6) is 0 Å². The molecule has 60 valence electrons. The fraction of sp³-hybridized carbons (Fsp3) is 0.833. The van der Waals surface area contributed by atoms with E-state index in [0.29, 0.717) is 6.54 Å². The molecule has 0 aliphatic rings. The molecule has 0 rings (SSSR count). The third-order valence-electron chi connectivity index (χ3n) is 1.36. The Morgan fingerprint density at radius 2 is 2.20 bits per heavy atom. The molecule has 0 aliphatic heterocycles. The van der Waals surface area contributed by atoms with Gasteiger partial charge in [0.1, 0.15) is 6.23 Å². The molecule has 0 aromatic rings. The first kappa shape index (κ1) is 9.39. The highest BCUT2D eigenvalue weighted by Crippen LogP contribution is 1.96. The number of aliphatic carboxylic acids is 1. The molecule has 0 saturated carbocycles. The summed E-state index contributed by atoms with van der Waals surface area (Å²) in [4.78, 5) is 11.6. The van der Waals surface area contributed by atoms with Gasteiger partial charge in [-0.2, -0.15) is 0 Å². The molecule has 0 saturated heterocycles. The van der Waals surface area contributed by atoms with Gasteiger partial charge >= 0.3 is 5.97 Å². The number of hydrogen-bond donors (Lipinski definition) is 2. The first-order chi connectivity index (χ1) is 4.57. The summed E-state index contributed by atoms with van der Waals surface area (Å²) in [7, 11) is 1.67. The zero-order chi connectivity index (χ0) is 8.15. The van der Waals surface area contributed by atoms with Gasteiger partial charge in [0.25, 0.3) is 0 Å². The van der Waals surface area contributed by atoms with E-state index in [9.17, 15) is 4.79 Å². The first-order valence-electron chi connectivity index (χ1n) is 3.18. The molecular formula is C6H13NO3. The molecule has 0 radical (unpaired) electrons. The summed E-state index contributed by atoms with van der Waals surface area (Å²) in [6.45, 7) is 2.50. The Morgan fingerprint density at radius 1 is 1.70 bits per heavy atom. The lowest BCUT2D eigenvalue weighted by Gasteiger charge is -2.19. The molecular weight excluding hydrogens is 134 g/mol. The normalized spacial score (nSPS) is 13.6. The number of carbonyl (C=O) groups is 1. The molecule has 0 aliphatic carbocycles. The lowest BCUT2D eigenvalue weighted by molar-refractivity contribution is -0.141. The van der Waals surface area contributed by atoms with Gasteiger partial charge < -0.3 is 10.2 Å². The van der Waals surface area contributed by atoms with Gasteiger partial charge in [0.2, 0.25) is 0 Å². The highest BCUT2D eigenvalue weighted by molar-refractivity contribution is 5.67. The van der Waals surface area contributed by atoms with Crippen molar-refractivity contribution in [2.45, 2.75) is 19.6 Å². The molecule has 0 spiro atoms. The van der Waals surface area contributed by atoms with E-state index in [4.69, 9.17) is 10.2 Å². The molecule has 0 fully saturated rings. The maximum Gasteiger partial charge on any atom is 0.307 e. The van der Waals surface area contributed by atoms with Gasteiger partial charge in [0, 0.05) is 0 Å². The van der Waals surface area contributed by atoms with E-state index in [-0.39, 0.29) is 6.42 Å². The molecule has 2 N–H and O–H groups in total. The zero-order valence-electron chi connectivity index (χ0n) is 6.24. The second-order valence-electron chi connectivity index (χ2n) is 2.15. The van der Waals surface area contributed by atoms with Crippen LogP contribution >= 0.6 is 0 Å². The second kappa shape index (κ2) is 4.24. The second-order valence-corrected chi connectivity index (χ2v) is 2.15. The molecule has 0 bridgehead atoms. The summed E-state index contributed by atoms with van der Waals surface area (Å²) in [6, 6.07) is 0. The Balaban J connectivity index is 3.61. The van der Waals surface area contributed by atoms with Crippen molar-refractivity contribution in [2.24, 2.45) is 0 Å². The van der Waals surface area contributed by atoms with E-state index in [0.717, 1.165) is 0 Å². The minimum atomic E-state index is -0.979. The zero-order valence-corrected chi connectivity index (χ0v) is 6.24. The Bertz CT molecular complexity index is 116. The van der Waals surface area contributed by atoms with Crippen LogP contribution in [0.15, 0.2) is 0 Å². The van der Waals surface area contributed by atoms with E-state index < -0.39 is 12.2 Å². The molecule has 0 aromatic heterocycles. The average Bonchev–Trinajstić information content (AvgIpc) is 1.85. The van der Waals surface area contributed by atoms with Gasteiger partial charge in [-0.25, -0.2) is 0 Å². The molecule has 10 heavy (non-hydrogen) atoms. The molecule has 1 unspecified atom stereocenters. The summed E-state index contributed by atoms with van der Waals surface area (Å²) >= 11 is 0. The van der Waals surface area contributed by atoms with Crippen molar-refractivity contribution < 1.29 is 15.0 Å². The Hall–Kier alpha value is -0.610. The van der Waals surface area contributed by atoms with Crippen LogP contribution in [0.4, 0.5) is 0 Å². The fourth-order valence-corrected chi connectivity index (χ4v) is 0.523. The lowest BCUT2D eigenvalue weighted by Crippen LogP contribution is -2.33. The minimum absolute atomic E-state index is 0.218. The predicted molar refractivity (Wildman–Crippen MR) is 36.6 cm³/mol. The molecule has 4 nitrogen and oxygen atoms in total. The van der Waals surface area contributed by atoms with E-state index in [1.165, 1.54) is 0 Å². The van der Waals surface area contributed by atoms with Crippen molar-refractivity contribution in [1.82, 2.24) is 4.90 Å². The summed E-state index contributed by atoms with van der Waals surface area (Å²) < 4.78 is 0. The van der Waals surface area contributed by atoms with Crippen molar-refractivity contribution >= 4 is 5.97 Å². The van der Waals surface area contributed by atoms with E-state index in [1.54, 1.807) is 11.9 Å². The molecule has 0 heterocycles. The van der Waals surface area contributed by atoms with E-state index in [2.05, 4.69) is 0 Å². The van der Waals surface area contributed by atoms with Gasteiger partial charge in [-0.15, -0.1) is 0 Å². The first-order valence-corrected chi connectivity index (χ1v) is 3.18. The molecule has 1 atom stereocenters. The molecule has 0 amide bonds. The minimum Gasteiger partial charge on any atom is -0.481 e. The average molecular weight is 147 g/mol. The molecule has 0 aromatic carbocycles. The van der Waals surface area contributed by atoms with Crippen molar-refractivity contribution in [3.05, 3.63) is 0 Å². The van der Waals surface area contributed by atoms with Crippen LogP contribution in [0.3, 0.4) is 0 Å². The number of hydrogen-bond acceptors (Lipinski definition) is 3. The van der Waals surface area contributed by atoms with Crippen LogP contribution in [0, 0.1) is 0 Å². The van der Waals surface area contributed by atoms with E-state index in [1.807, 2.05) is 6.92 Å². The van der Waals surface area contributed by atoms with Crippen LogP contribution in [-0.2, 0) is 4.79 Å². The van der Waals surface area contributed by atoms with Gasteiger partial charge in [-0.1, -0.05) is 6.92 Å². The third kappa shape index (κ3) is 3.42. The molecule has 4 heteroatoms. The highest BCUT2D eigenvalue weighted by atomic mass is 16.4. The topological polar surface area (TPSA) is 60.8 Å². The quantitative estimate of drug-likeness (QED) is 0.537. The van der Waals surface area contributed by atoms with Crippen molar-refractivity contribution in [3.63, 3.8) is 0 Å². The fourth-order valence-electron chi connectivity index (χ4n) is 0.523. The van der Waals surface area contributed by atoms with Gasteiger partial charge in [0.15, 0.2) is 0 Å². The Labute approximate surface area is 60.1 Å². The number of aliphatic hydroxyl groups is 1. The summed E-state index contributed by atoms with van der Waals surface area (Å²) in [5, 5.41) is 17.3. The Kier molecular flexibility index (Phi) is 3.99. The number of aliphatic hydroxyl groups excluding tert-OH is 1. The van der Waals surface area contributed by atoms with E-state index >= 15 is 0 Å². The number of carboxylic acids is 1. The largest absolute Gasteiger partial charge is 0.481 e. The SMILES string of the molecule is CCN(C)C(O)CC(=O)O. The summed E-state index contributed by atoms with van der Waals surface area (Å²) in [5.41, 5.74) is 0. The van der Waals surface area contributed by atoms with Crippen LogP contribution < -0.4 is 0 Å². The van der Waals surface area contributed by atoms with Crippen LogP contribution in [0.25, 0.3) is 0 Å². The van der Waals surface area contributed by atoms with Gasteiger partial charge in [0.05, 0.1) is 6.42 Å². The lowest BCUT2D eigenvalue weighted by atomic mass is 10.3. The third-order valence-corrected chi connectivity index (χ3v) is 1.36. The van der Waals surface area contributed by atoms with Crippen LogP contribution in [-0.4, -0.2) is 40.9 Å². The van der Waals surface area contributed by atoms with Crippen molar-refractivity contribution in [3.8, 4) is 0 Å². The summed E-state index contributed by atoms with van der Waals surface area (Å²) in [6.07, 6.45) is -1.08. The highest BCUT2D eigenvalue weighted by Gasteiger charge is 2.12. The summed E-state index contributed by atoms with van der Waals surface area (Å²) in [5.74, 6) is -0.979. The standard InChI is InChI=1S/C6H13NO3/c1-3-7(2)5(8)4-6(9)10/h5,8H,3-4H2,1-2H3,(H,9,10). The van der Waals surface area contributed by atoms with Crippen molar-refractivity contribution in [2.75, 3.05) is 13.6 Å².